The average Bonchev–Trinajstić information content (AvgIpc) is 2.46. The highest BCUT2D eigenvalue weighted by molar-refractivity contribution is 5.79. The summed E-state index contributed by atoms with van der Waals surface area (Å²) in [5.74, 6) is 0.291. The fourth-order valence-electron chi connectivity index (χ4n) is 2.91. The minimum absolute atomic E-state index is 0.291. The molecule has 110 valence electrons. The van der Waals surface area contributed by atoms with Crippen LogP contribution in [-0.2, 0) is 11.2 Å². The summed E-state index contributed by atoms with van der Waals surface area (Å²) >= 11 is 0. The third-order valence-corrected chi connectivity index (χ3v) is 4.06. The molecule has 0 aliphatic carbocycles. The molecule has 3 nitrogen and oxygen atoms in total. The van der Waals surface area contributed by atoms with Crippen LogP contribution in [0.4, 0.5) is 0 Å². The average molecular weight is 274 g/mol. The number of amides is 1. The molecule has 0 radical (unpaired) electrons. The van der Waals surface area contributed by atoms with Crippen LogP contribution in [0.1, 0.15) is 31.2 Å². The van der Waals surface area contributed by atoms with Crippen molar-refractivity contribution in [2.75, 3.05) is 27.2 Å². The highest BCUT2D eigenvalue weighted by Gasteiger charge is 2.26. The zero-order chi connectivity index (χ0) is 14.4. The molecule has 1 amide bonds. The molecule has 3 heteroatoms. The van der Waals surface area contributed by atoms with Gasteiger partial charge in [-0.1, -0.05) is 30.3 Å². The molecule has 1 atom stereocenters. The number of hydrogen-bond donors (Lipinski definition) is 0. The first-order valence-electron chi connectivity index (χ1n) is 7.65. The monoisotopic (exact) mass is 274 g/mol. The van der Waals surface area contributed by atoms with Crippen LogP contribution < -0.4 is 0 Å². The van der Waals surface area contributed by atoms with Crippen LogP contribution >= 0.6 is 0 Å². The van der Waals surface area contributed by atoms with Gasteiger partial charge in [0.05, 0.1) is 6.42 Å². The molecule has 1 aliphatic rings. The Labute approximate surface area is 122 Å². The minimum atomic E-state index is 0.291. The van der Waals surface area contributed by atoms with Crippen molar-refractivity contribution in [2.45, 2.75) is 38.1 Å². The lowest BCUT2D eigenvalue weighted by Gasteiger charge is -2.36. The van der Waals surface area contributed by atoms with Crippen molar-refractivity contribution in [3.8, 4) is 0 Å². The summed E-state index contributed by atoms with van der Waals surface area (Å²) in [6.07, 6.45) is 5.20. The standard InChI is InChI=1S/C17H26N2O/c1-18(2)13-11-16-10-6-7-12-19(16)17(20)14-15-8-4-3-5-9-15/h3-5,8-9,16H,6-7,10-14H2,1-2H3/t16-/m0/s1. The fraction of sp³-hybridized carbons (Fsp3) is 0.588. The molecular formula is C17H26N2O. The highest BCUT2D eigenvalue weighted by Crippen LogP contribution is 2.21. The number of piperidine rings is 1. The van der Waals surface area contributed by atoms with Gasteiger partial charge >= 0.3 is 0 Å². The Bertz CT molecular complexity index is 416. The van der Waals surface area contributed by atoms with Crippen molar-refractivity contribution in [1.82, 2.24) is 9.80 Å². The Morgan fingerprint density at radius 3 is 2.70 bits per heavy atom. The second-order valence-electron chi connectivity index (χ2n) is 5.99. The Morgan fingerprint density at radius 2 is 2.00 bits per heavy atom. The fourth-order valence-corrected chi connectivity index (χ4v) is 2.91. The minimum Gasteiger partial charge on any atom is -0.339 e. The van der Waals surface area contributed by atoms with E-state index in [1.165, 1.54) is 6.42 Å². The number of carbonyl (C=O) groups is 1. The van der Waals surface area contributed by atoms with E-state index in [0.29, 0.717) is 18.4 Å². The van der Waals surface area contributed by atoms with E-state index in [9.17, 15) is 4.79 Å². The van der Waals surface area contributed by atoms with Crippen LogP contribution in [-0.4, -0.2) is 48.9 Å². The zero-order valence-electron chi connectivity index (χ0n) is 12.7. The van der Waals surface area contributed by atoms with Crippen LogP contribution in [0.3, 0.4) is 0 Å². The molecule has 0 aromatic heterocycles. The van der Waals surface area contributed by atoms with Crippen molar-refractivity contribution in [3.05, 3.63) is 35.9 Å². The van der Waals surface area contributed by atoms with Crippen molar-refractivity contribution >= 4 is 5.91 Å². The molecular weight excluding hydrogens is 248 g/mol. The molecule has 1 aliphatic heterocycles. The van der Waals surface area contributed by atoms with Gasteiger partial charge in [-0.15, -0.1) is 0 Å². The van der Waals surface area contributed by atoms with Crippen LogP contribution in [0.25, 0.3) is 0 Å². The zero-order valence-corrected chi connectivity index (χ0v) is 12.7. The second-order valence-corrected chi connectivity index (χ2v) is 5.99. The Kier molecular flexibility index (Phi) is 5.60. The number of likely N-dealkylation sites (tertiary alicyclic amines) is 1. The summed E-state index contributed by atoms with van der Waals surface area (Å²) in [5.41, 5.74) is 1.12. The first kappa shape index (κ1) is 15.0. The molecule has 0 spiro atoms. The number of nitrogens with zero attached hydrogens (tertiary/aromatic N) is 2. The summed E-state index contributed by atoms with van der Waals surface area (Å²) < 4.78 is 0. The molecule has 0 unspecified atom stereocenters. The van der Waals surface area contributed by atoms with Crippen LogP contribution in [0, 0.1) is 0 Å². The molecule has 20 heavy (non-hydrogen) atoms. The lowest BCUT2D eigenvalue weighted by molar-refractivity contribution is -0.134. The molecule has 2 rings (SSSR count). The van der Waals surface area contributed by atoms with E-state index in [1.807, 2.05) is 30.3 Å². The molecule has 1 heterocycles. The molecule has 0 saturated carbocycles. The van der Waals surface area contributed by atoms with E-state index in [-0.39, 0.29) is 0 Å². The number of benzene rings is 1. The van der Waals surface area contributed by atoms with Crippen molar-refractivity contribution in [1.29, 1.82) is 0 Å². The van der Waals surface area contributed by atoms with Crippen LogP contribution in [0.5, 0.6) is 0 Å². The summed E-state index contributed by atoms with van der Waals surface area (Å²) in [6, 6.07) is 10.5. The highest BCUT2D eigenvalue weighted by atomic mass is 16.2. The quantitative estimate of drug-likeness (QED) is 0.824. The van der Waals surface area contributed by atoms with Crippen molar-refractivity contribution in [3.63, 3.8) is 0 Å². The lowest BCUT2D eigenvalue weighted by atomic mass is 9.98. The van der Waals surface area contributed by atoms with Gasteiger partial charge in [0.2, 0.25) is 5.91 Å². The maximum atomic E-state index is 12.5. The van der Waals surface area contributed by atoms with Crippen LogP contribution in [0.2, 0.25) is 0 Å². The normalized spacial score (nSPS) is 19.4. The van der Waals surface area contributed by atoms with E-state index in [1.54, 1.807) is 0 Å². The summed E-state index contributed by atoms with van der Waals surface area (Å²) in [4.78, 5) is 16.9. The summed E-state index contributed by atoms with van der Waals surface area (Å²) in [5, 5.41) is 0. The van der Waals surface area contributed by atoms with Gasteiger partial charge in [0.15, 0.2) is 0 Å². The molecule has 0 bridgehead atoms. The molecule has 1 fully saturated rings. The molecule has 1 saturated heterocycles. The maximum absolute atomic E-state index is 12.5. The van der Waals surface area contributed by atoms with Gasteiger partial charge in [-0.2, -0.15) is 0 Å². The third kappa shape index (κ3) is 4.34. The number of carbonyl (C=O) groups excluding carboxylic acids is 1. The van der Waals surface area contributed by atoms with E-state index < -0.39 is 0 Å². The largest absolute Gasteiger partial charge is 0.339 e. The van der Waals surface area contributed by atoms with E-state index in [0.717, 1.165) is 37.9 Å². The van der Waals surface area contributed by atoms with Gasteiger partial charge in [0.1, 0.15) is 0 Å². The molecule has 1 aromatic rings. The van der Waals surface area contributed by atoms with Gasteiger partial charge in [0, 0.05) is 12.6 Å². The predicted molar refractivity (Wildman–Crippen MR) is 82.7 cm³/mol. The second kappa shape index (κ2) is 7.44. The SMILES string of the molecule is CN(C)CC[C@@H]1CCCCN1C(=O)Cc1ccccc1. The third-order valence-electron chi connectivity index (χ3n) is 4.06. The van der Waals surface area contributed by atoms with Gasteiger partial charge in [-0.3, -0.25) is 4.79 Å². The van der Waals surface area contributed by atoms with E-state index >= 15 is 0 Å². The van der Waals surface area contributed by atoms with E-state index in [2.05, 4.69) is 23.9 Å². The summed E-state index contributed by atoms with van der Waals surface area (Å²) in [7, 11) is 4.19. The number of rotatable bonds is 5. The lowest BCUT2D eigenvalue weighted by Crippen LogP contribution is -2.45. The Balaban J connectivity index is 1.94. The topological polar surface area (TPSA) is 23.6 Å². The first-order chi connectivity index (χ1) is 9.66. The first-order valence-corrected chi connectivity index (χ1v) is 7.65. The molecule has 0 N–H and O–H groups in total. The smallest absolute Gasteiger partial charge is 0.227 e. The number of hydrogen-bond acceptors (Lipinski definition) is 2. The van der Waals surface area contributed by atoms with Gasteiger partial charge in [0.25, 0.3) is 0 Å². The van der Waals surface area contributed by atoms with E-state index in [4.69, 9.17) is 0 Å². The van der Waals surface area contributed by atoms with Gasteiger partial charge in [-0.05, 0) is 51.9 Å². The van der Waals surface area contributed by atoms with Gasteiger partial charge in [-0.25, -0.2) is 0 Å². The Morgan fingerprint density at radius 1 is 1.25 bits per heavy atom. The Hall–Kier alpha value is -1.35. The van der Waals surface area contributed by atoms with Crippen molar-refractivity contribution < 1.29 is 4.79 Å². The van der Waals surface area contributed by atoms with Crippen LogP contribution in [0.15, 0.2) is 30.3 Å². The molecule has 1 aromatic carbocycles. The van der Waals surface area contributed by atoms with Gasteiger partial charge < -0.3 is 9.80 Å². The predicted octanol–water partition coefficient (Wildman–Crippen LogP) is 2.56. The summed E-state index contributed by atoms with van der Waals surface area (Å²) in [6.45, 7) is 1.99. The maximum Gasteiger partial charge on any atom is 0.227 e. The van der Waals surface area contributed by atoms with Crippen molar-refractivity contribution in [2.24, 2.45) is 0 Å².